The molecule has 0 bridgehead atoms. The molecule has 3 N–H and O–H groups in total. The number of hydrogen-bond donors (Lipinski definition) is 2. The van der Waals surface area contributed by atoms with Crippen molar-refractivity contribution in [1.29, 1.82) is 0 Å². The van der Waals surface area contributed by atoms with Gasteiger partial charge in [-0.3, -0.25) is 4.90 Å². The second kappa shape index (κ2) is 5.23. The van der Waals surface area contributed by atoms with Crippen LogP contribution in [0.15, 0.2) is 15.9 Å². The molecule has 0 saturated heterocycles. The first kappa shape index (κ1) is 12.1. The average Bonchev–Trinajstić information content (AvgIpc) is 2.51. The third kappa shape index (κ3) is 2.77. The van der Waals surface area contributed by atoms with Crippen LogP contribution < -0.4 is 5.73 Å². The Kier molecular flexibility index (Phi) is 4.53. The van der Waals surface area contributed by atoms with E-state index in [0.717, 1.165) is 9.35 Å². The van der Waals surface area contributed by atoms with E-state index in [9.17, 15) is 5.11 Å². The van der Waals surface area contributed by atoms with E-state index in [-0.39, 0.29) is 12.6 Å². The lowest BCUT2D eigenvalue weighted by atomic mass is 10.1. The molecule has 1 aromatic heterocycles. The Balaban J connectivity index is 2.88. The van der Waals surface area contributed by atoms with Crippen LogP contribution in [0.3, 0.4) is 0 Å². The molecule has 0 aromatic carbocycles. The second-order valence-corrected chi connectivity index (χ2v) is 5.24. The molecule has 1 heterocycles. The van der Waals surface area contributed by atoms with Gasteiger partial charge in [0.15, 0.2) is 0 Å². The molecule has 80 valence electrons. The zero-order valence-corrected chi connectivity index (χ0v) is 10.7. The zero-order chi connectivity index (χ0) is 10.7. The smallest absolute Gasteiger partial charge is 0.0866 e. The highest BCUT2D eigenvalue weighted by Crippen LogP contribution is 2.30. The summed E-state index contributed by atoms with van der Waals surface area (Å²) >= 11 is 5.03. The fraction of sp³-hybridized carbons (Fsp3) is 0.556. The summed E-state index contributed by atoms with van der Waals surface area (Å²) in [5.41, 5.74) is 5.47. The largest absolute Gasteiger partial charge is 0.390 e. The first-order chi connectivity index (χ1) is 6.56. The number of rotatable bonds is 4. The fourth-order valence-electron chi connectivity index (χ4n) is 1.40. The Labute approximate surface area is 96.7 Å². The highest BCUT2D eigenvalue weighted by atomic mass is 79.9. The molecule has 0 aliphatic carbocycles. The third-order valence-corrected chi connectivity index (χ3v) is 3.81. The molecule has 2 atom stereocenters. The summed E-state index contributed by atoms with van der Waals surface area (Å²) in [5.74, 6) is 0. The zero-order valence-electron chi connectivity index (χ0n) is 8.27. The van der Waals surface area contributed by atoms with Gasteiger partial charge in [0.25, 0.3) is 0 Å². The molecule has 0 fully saturated rings. The van der Waals surface area contributed by atoms with Gasteiger partial charge >= 0.3 is 0 Å². The lowest BCUT2D eigenvalue weighted by Crippen LogP contribution is -2.35. The number of hydrogen-bond acceptors (Lipinski definition) is 4. The topological polar surface area (TPSA) is 49.5 Å². The van der Waals surface area contributed by atoms with Crippen molar-refractivity contribution in [2.75, 3.05) is 20.6 Å². The highest BCUT2D eigenvalue weighted by molar-refractivity contribution is 9.10. The van der Waals surface area contributed by atoms with Crippen LogP contribution in [0, 0.1) is 0 Å². The minimum Gasteiger partial charge on any atom is -0.390 e. The van der Waals surface area contributed by atoms with Gasteiger partial charge in [0.1, 0.15) is 0 Å². The molecule has 0 aliphatic rings. The minimum absolute atomic E-state index is 0.0173. The standard InChI is InChI=1S/C9H15BrN2OS/c1-12(2)9(7(13)4-11)8-3-6(10)5-14-8/h3,5,7,9,13H,4,11H2,1-2H3. The number of halogens is 1. The SMILES string of the molecule is CN(C)C(c1cc(Br)cs1)C(O)CN. The number of nitrogens with two attached hydrogens (primary N) is 1. The quantitative estimate of drug-likeness (QED) is 0.876. The van der Waals surface area contributed by atoms with Crippen LogP contribution in [0.1, 0.15) is 10.9 Å². The maximum atomic E-state index is 9.78. The van der Waals surface area contributed by atoms with Gasteiger partial charge < -0.3 is 10.8 Å². The summed E-state index contributed by atoms with van der Waals surface area (Å²) in [7, 11) is 3.88. The number of aliphatic hydroxyl groups is 1. The van der Waals surface area contributed by atoms with Crippen LogP contribution in [-0.4, -0.2) is 36.8 Å². The van der Waals surface area contributed by atoms with Crippen molar-refractivity contribution in [2.24, 2.45) is 5.73 Å². The van der Waals surface area contributed by atoms with Gasteiger partial charge in [0, 0.05) is 21.3 Å². The summed E-state index contributed by atoms with van der Waals surface area (Å²) in [6.07, 6.45) is -0.518. The monoisotopic (exact) mass is 278 g/mol. The van der Waals surface area contributed by atoms with Gasteiger partial charge in [-0.25, -0.2) is 0 Å². The Hall–Kier alpha value is 0.0600. The summed E-state index contributed by atoms with van der Waals surface area (Å²) in [5, 5.41) is 11.8. The molecule has 2 unspecified atom stereocenters. The summed E-state index contributed by atoms with van der Waals surface area (Å²) < 4.78 is 1.05. The molecule has 0 aliphatic heterocycles. The number of likely N-dealkylation sites (N-methyl/N-ethyl adjacent to an activating group) is 1. The predicted octanol–water partition coefficient (Wildman–Crippen LogP) is 1.43. The van der Waals surface area contributed by atoms with Crippen LogP contribution in [0.25, 0.3) is 0 Å². The molecule has 0 spiro atoms. The van der Waals surface area contributed by atoms with Crippen LogP contribution in [0.2, 0.25) is 0 Å². The lowest BCUT2D eigenvalue weighted by molar-refractivity contribution is 0.0842. The summed E-state index contributed by atoms with van der Waals surface area (Å²) in [4.78, 5) is 3.11. The molecule has 14 heavy (non-hydrogen) atoms. The van der Waals surface area contributed by atoms with Crippen molar-refractivity contribution in [3.63, 3.8) is 0 Å². The molecular formula is C9H15BrN2OS. The van der Waals surface area contributed by atoms with Crippen molar-refractivity contribution < 1.29 is 5.11 Å². The van der Waals surface area contributed by atoms with Crippen molar-refractivity contribution in [3.8, 4) is 0 Å². The molecule has 1 aromatic rings. The average molecular weight is 279 g/mol. The van der Waals surface area contributed by atoms with E-state index in [1.807, 2.05) is 30.4 Å². The van der Waals surface area contributed by atoms with Crippen LogP contribution in [0.5, 0.6) is 0 Å². The van der Waals surface area contributed by atoms with E-state index < -0.39 is 6.10 Å². The Morgan fingerprint density at radius 1 is 1.64 bits per heavy atom. The Morgan fingerprint density at radius 3 is 2.64 bits per heavy atom. The highest BCUT2D eigenvalue weighted by Gasteiger charge is 2.23. The lowest BCUT2D eigenvalue weighted by Gasteiger charge is -2.27. The summed E-state index contributed by atoms with van der Waals surface area (Å²) in [6, 6.07) is 2.00. The molecule has 0 saturated carbocycles. The fourth-order valence-corrected chi connectivity index (χ4v) is 3.10. The maximum absolute atomic E-state index is 9.78. The molecule has 0 radical (unpaired) electrons. The van der Waals surface area contributed by atoms with Gasteiger partial charge in [-0.05, 0) is 36.1 Å². The second-order valence-electron chi connectivity index (χ2n) is 3.38. The van der Waals surface area contributed by atoms with Crippen LogP contribution >= 0.6 is 27.3 Å². The molecule has 3 nitrogen and oxygen atoms in total. The van der Waals surface area contributed by atoms with Crippen molar-refractivity contribution in [2.45, 2.75) is 12.1 Å². The Morgan fingerprint density at radius 2 is 2.29 bits per heavy atom. The summed E-state index contributed by atoms with van der Waals surface area (Å²) in [6.45, 7) is 0.276. The first-order valence-corrected chi connectivity index (χ1v) is 6.02. The van der Waals surface area contributed by atoms with Gasteiger partial charge in [-0.2, -0.15) is 0 Å². The number of thiophene rings is 1. The number of aliphatic hydroxyl groups excluding tert-OH is 1. The van der Waals surface area contributed by atoms with Gasteiger partial charge in [-0.1, -0.05) is 0 Å². The van der Waals surface area contributed by atoms with Gasteiger partial charge in [0.2, 0.25) is 0 Å². The van der Waals surface area contributed by atoms with E-state index in [2.05, 4.69) is 15.9 Å². The molecule has 0 amide bonds. The van der Waals surface area contributed by atoms with Crippen molar-refractivity contribution in [1.82, 2.24) is 4.90 Å². The van der Waals surface area contributed by atoms with Crippen LogP contribution in [-0.2, 0) is 0 Å². The molecular weight excluding hydrogens is 264 g/mol. The number of nitrogens with zero attached hydrogens (tertiary/aromatic N) is 1. The third-order valence-electron chi connectivity index (χ3n) is 2.04. The van der Waals surface area contributed by atoms with E-state index in [1.165, 1.54) is 0 Å². The van der Waals surface area contributed by atoms with E-state index in [4.69, 9.17) is 5.73 Å². The van der Waals surface area contributed by atoms with E-state index >= 15 is 0 Å². The first-order valence-electron chi connectivity index (χ1n) is 4.34. The van der Waals surface area contributed by atoms with Gasteiger partial charge in [0.05, 0.1) is 12.1 Å². The molecule has 1 rings (SSSR count). The predicted molar refractivity (Wildman–Crippen MR) is 63.5 cm³/mol. The minimum atomic E-state index is -0.518. The van der Waals surface area contributed by atoms with E-state index in [0.29, 0.717) is 0 Å². The van der Waals surface area contributed by atoms with Gasteiger partial charge in [-0.15, -0.1) is 11.3 Å². The van der Waals surface area contributed by atoms with E-state index in [1.54, 1.807) is 11.3 Å². The Bertz CT molecular complexity index is 290. The maximum Gasteiger partial charge on any atom is 0.0866 e. The van der Waals surface area contributed by atoms with Crippen LogP contribution in [0.4, 0.5) is 0 Å². The molecule has 5 heteroatoms. The normalized spacial score (nSPS) is 15.9. The van der Waals surface area contributed by atoms with Crippen molar-refractivity contribution >= 4 is 27.3 Å². The van der Waals surface area contributed by atoms with Crippen molar-refractivity contribution in [3.05, 3.63) is 20.8 Å².